The molecule has 1 unspecified atom stereocenters. The molecule has 110 valence electrons. The summed E-state index contributed by atoms with van der Waals surface area (Å²) in [6, 6.07) is 0.655. The van der Waals surface area contributed by atoms with E-state index in [0.717, 1.165) is 26.2 Å². The van der Waals surface area contributed by atoms with Crippen LogP contribution in [0, 0.1) is 0 Å². The number of methoxy groups -OCH3 is 1. The van der Waals surface area contributed by atoms with Gasteiger partial charge in [0, 0.05) is 32.8 Å². The lowest BCUT2D eigenvalue weighted by atomic mass is 10.2. The Labute approximate surface area is 114 Å². The summed E-state index contributed by atoms with van der Waals surface area (Å²) in [6.45, 7) is 12.1. The van der Waals surface area contributed by atoms with E-state index in [2.05, 4.69) is 31.0 Å². The molecule has 0 saturated carbocycles. The van der Waals surface area contributed by atoms with Gasteiger partial charge in [-0.3, -0.25) is 4.90 Å². The molecule has 18 heavy (non-hydrogen) atoms. The molecule has 3 nitrogen and oxygen atoms in total. The highest BCUT2D eigenvalue weighted by molar-refractivity contribution is 4.67. The second kappa shape index (κ2) is 13.3. The van der Waals surface area contributed by atoms with Gasteiger partial charge in [-0.25, -0.2) is 0 Å². The maximum atomic E-state index is 5.18. The third-order valence-corrected chi connectivity index (χ3v) is 3.58. The van der Waals surface area contributed by atoms with E-state index in [9.17, 15) is 0 Å². The van der Waals surface area contributed by atoms with Crippen molar-refractivity contribution >= 4 is 0 Å². The summed E-state index contributed by atoms with van der Waals surface area (Å²) in [4.78, 5) is 2.52. The molecule has 0 aliphatic carbocycles. The molecule has 0 aliphatic rings. The van der Waals surface area contributed by atoms with E-state index in [1.54, 1.807) is 7.11 Å². The van der Waals surface area contributed by atoms with Gasteiger partial charge in [-0.1, -0.05) is 33.1 Å². The molecule has 0 radical (unpaired) electrons. The zero-order valence-electron chi connectivity index (χ0n) is 13.0. The standard InChI is InChI=1S/C15H34N2O/c1-5-7-8-9-10-16-11-12-17(13-14-18-4)15(3)6-2/h15-16H,5-14H2,1-4H3. The Morgan fingerprint density at radius 3 is 2.44 bits per heavy atom. The van der Waals surface area contributed by atoms with Crippen molar-refractivity contribution in [3.63, 3.8) is 0 Å². The van der Waals surface area contributed by atoms with E-state index in [1.165, 1.54) is 38.6 Å². The summed E-state index contributed by atoms with van der Waals surface area (Å²) in [6.07, 6.45) is 6.57. The Morgan fingerprint density at radius 1 is 1.06 bits per heavy atom. The number of unbranched alkanes of at least 4 members (excludes halogenated alkanes) is 3. The van der Waals surface area contributed by atoms with Crippen LogP contribution in [0.15, 0.2) is 0 Å². The summed E-state index contributed by atoms with van der Waals surface area (Å²) < 4.78 is 5.18. The van der Waals surface area contributed by atoms with Gasteiger partial charge in [-0.15, -0.1) is 0 Å². The maximum absolute atomic E-state index is 5.18. The van der Waals surface area contributed by atoms with Crippen molar-refractivity contribution in [3.8, 4) is 0 Å². The number of nitrogens with one attached hydrogen (secondary N) is 1. The van der Waals surface area contributed by atoms with Crippen molar-refractivity contribution in [3.05, 3.63) is 0 Å². The minimum atomic E-state index is 0.655. The number of hydrogen-bond acceptors (Lipinski definition) is 3. The van der Waals surface area contributed by atoms with Gasteiger partial charge in [0.05, 0.1) is 6.61 Å². The van der Waals surface area contributed by atoms with Crippen molar-refractivity contribution in [2.45, 2.75) is 58.9 Å². The molecule has 0 aromatic carbocycles. The van der Waals surface area contributed by atoms with E-state index in [1.807, 2.05) is 0 Å². The van der Waals surface area contributed by atoms with Crippen molar-refractivity contribution in [2.24, 2.45) is 0 Å². The van der Waals surface area contributed by atoms with E-state index < -0.39 is 0 Å². The molecule has 3 heteroatoms. The zero-order chi connectivity index (χ0) is 13.6. The molecule has 0 aliphatic heterocycles. The van der Waals surface area contributed by atoms with Gasteiger partial charge in [0.1, 0.15) is 0 Å². The average molecular weight is 258 g/mol. The van der Waals surface area contributed by atoms with Crippen molar-refractivity contribution in [1.82, 2.24) is 10.2 Å². The van der Waals surface area contributed by atoms with Crippen LogP contribution in [0.25, 0.3) is 0 Å². The van der Waals surface area contributed by atoms with Crippen molar-refractivity contribution in [2.75, 3.05) is 39.9 Å². The topological polar surface area (TPSA) is 24.5 Å². The number of rotatable bonds is 13. The van der Waals surface area contributed by atoms with E-state index in [-0.39, 0.29) is 0 Å². The summed E-state index contributed by atoms with van der Waals surface area (Å²) in [5.74, 6) is 0. The van der Waals surface area contributed by atoms with E-state index in [4.69, 9.17) is 4.74 Å². The molecule has 0 fully saturated rings. The average Bonchev–Trinajstić information content (AvgIpc) is 2.40. The lowest BCUT2D eigenvalue weighted by Crippen LogP contribution is -2.40. The molecule has 0 rings (SSSR count). The summed E-state index contributed by atoms with van der Waals surface area (Å²) in [5.41, 5.74) is 0. The van der Waals surface area contributed by atoms with Gasteiger partial charge in [0.25, 0.3) is 0 Å². The van der Waals surface area contributed by atoms with Gasteiger partial charge in [0.15, 0.2) is 0 Å². The fourth-order valence-electron chi connectivity index (χ4n) is 2.04. The van der Waals surface area contributed by atoms with Gasteiger partial charge < -0.3 is 10.1 Å². The summed E-state index contributed by atoms with van der Waals surface area (Å²) in [7, 11) is 1.78. The first kappa shape index (κ1) is 17.9. The van der Waals surface area contributed by atoms with E-state index in [0.29, 0.717) is 6.04 Å². The van der Waals surface area contributed by atoms with E-state index >= 15 is 0 Å². The first-order valence-corrected chi connectivity index (χ1v) is 7.69. The maximum Gasteiger partial charge on any atom is 0.0589 e. The molecule has 0 spiro atoms. The molecule has 0 aromatic heterocycles. The van der Waals surface area contributed by atoms with Crippen molar-refractivity contribution in [1.29, 1.82) is 0 Å². The molecule has 0 saturated heterocycles. The number of nitrogens with zero attached hydrogens (tertiary/aromatic N) is 1. The van der Waals surface area contributed by atoms with Gasteiger partial charge in [0.2, 0.25) is 0 Å². The molecular formula is C15H34N2O. The predicted octanol–water partition coefficient (Wildman–Crippen LogP) is 2.90. The second-order valence-corrected chi connectivity index (χ2v) is 5.10. The Morgan fingerprint density at radius 2 is 1.83 bits per heavy atom. The van der Waals surface area contributed by atoms with Crippen LogP contribution in [-0.4, -0.2) is 50.8 Å². The van der Waals surface area contributed by atoms with Crippen LogP contribution in [0.3, 0.4) is 0 Å². The normalized spacial score (nSPS) is 13.2. The molecule has 0 amide bonds. The highest BCUT2D eigenvalue weighted by atomic mass is 16.5. The Kier molecular flexibility index (Phi) is 13.2. The van der Waals surface area contributed by atoms with Crippen LogP contribution < -0.4 is 5.32 Å². The zero-order valence-corrected chi connectivity index (χ0v) is 13.0. The summed E-state index contributed by atoms with van der Waals surface area (Å²) in [5, 5.41) is 3.55. The minimum absolute atomic E-state index is 0.655. The number of ether oxygens (including phenoxy) is 1. The fraction of sp³-hybridized carbons (Fsp3) is 1.00. The molecule has 1 N–H and O–H groups in total. The Balaban J connectivity index is 3.56. The monoisotopic (exact) mass is 258 g/mol. The fourth-order valence-corrected chi connectivity index (χ4v) is 2.04. The largest absolute Gasteiger partial charge is 0.383 e. The first-order valence-electron chi connectivity index (χ1n) is 7.69. The van der Waals surface area contributed by atoms with Crippen LogP contribution in [0.1, 0.15) is 52.9 Å². The minimum Gasteiger partial charge on any atom is -0.383 e. The molecule has 0 bridgehead atoms. The van der Waals surface area contributed by atoms with Crippen LogP contribution in [0.5, 0.6) is 0 Å². The molecule has 1 atom stereocenters. The lowest BCUT2D eigenvalue weighted by Gasteiger charge is -2.28. The third kappa shape index (κ3) is 9.86. The molecular weight excluding hydrogens is 224 g/mol. The van der Waals surface area contributed by atoms with Gasteiger partial charge >= 0.3 is 0 Å². The van der Waals surface area contributed by atoms with Crippen LogP contribution in [0.2, 0.25) is 0 Å². The Bertz CT molecular complexity index is 165. The SMILES string of the molecule is CCCCCCNCCN(CCOC)C(C)CC. The predicted molar refractivity (Wildman–Crippen MR) is 80.2 cm³/mol. The Hall–Kier alpha value is -0.120. The molecule has 0 aromatic rings. The van der Waals surface area contributed by atoms with Crippen LogP contribution >= 0.6 is 0 Å². The van der Waals surface area contributed by atoms with Crippen LogP contribution in [0.4, 0.5) is 0 Å². The quantitative estimate of drug-likeness (QED) is 0.514. The van der Waals surface area contributed by atoms with Crippen molar-refractivity contribution < 1.29 is 4.74 Å². The highest BCUT2D eigenvalue weighted by Crippen LogP contribution is 2.02. The van der Waals surface area contributed by atoms with Gasteiger partial charge in [-0.2, -0.15) is 0 Å². The lowest BCUT2D eigenvalue weighted by molar-refractivity contribution is 0.123. The van der Waals surface area contributed by atoms with Gasteiger partial charge in [-0.05, 0) is 26.3 Å². The second-order valence-electron chi connectivity index (χ2n) is 5.10. The molecule has 0 heterocycles. The highest BCUT2D eigenvalue weighted by Gasteiger charge is 2.10. The number of hydrogen-bond donors (Lipinski definition) is 1. The first-order chi connectivity index (χ1) is 8.76. The third-order valence-electron chi connectivity index (χ3n) is 3.58. The summed E-state index contributed by atoms with van der Waals surface area (Å²) >= 11 is 0. The van der Waals surface area contributed by atoms with Crippen LogP contribution in [-0.2, 0) is 4.74 Å². The smallest absolute Gasteiger partial charge is 0.0589 e.